The van der Waals surface area contributed by atoms with E-state index in [1.807, 2.05) is 38.2 Å². The molecule has 1 spiro atoms. The Kier molecular flexibility index (Phi) is 9.18. The van der Waals surface area contributed by atoms with Gasteiger partial charge in [0.1, 0.15) is 5.82 Å². The Labute approximate surface area is 249 Å². The fourth-order valence-corrected chi connectivity index (χ4v) is 4.82. The van der Waals surface area contributed by atoms with E-state index in [1.54, 1.807) is 4.52 Å². The number of rotatable bonds is 2. The van der Waals surface area contributed by atoms with E-state index in [2.05, 4.69) is 30.5 Å². The van der Waals surface area contributed by atoms with Gasteiger partial charge in [0, 0.05) is 37.1 Å². The van der Waals surface area contributed by atoms with Gasteiger partial charge in [0.05, 0.1) is 23.1 Å². The van der Waals surface area contributed by atoms with Crippen LogP contribution in [-0.2, 0) is 9.59 Å². The van der Waals surface area contributed by atoms with Crippen LogP contribution in [0.15, 0.2) is 30.5 Å². The largest absolute Gasteiger partial charge is 0.490 e. The number of hydrogen-bond donors (Lipinski definition) is 3. The molecular weight excluding hydrogens is 619 g/mol. The van der Waals surface area contributed by atoms with Gasteiger partial charge in [-0.05, 0) is 61.9 Å². The SMILES string of the molecule is Cc1cn2nc(-c3cc(F)c4cc(N5CCC6(CC5)CNC6)nnc4c3)cc(C)c2n1.O=C(O)C(F)(F)F.O=C(O)C(F)(F)F. The Morgan fingerprint density at radius 2 is 1.49 bits per heavy atom. The van der Waals surface area contributed by atoms with Crippen molar-refractivity contribution in [2.75, 3.05) is 31.1 Å². The van der Waals surface area contributed by atoms with Crippen molar-refractivity contribution >= 4 is 34.3 Å². The van der Waals surface area contributed by atoms with E-state index in [-0.39, 0.29) is 5.82 Å². The first-order valence-corrected chi connectivity index (χ1v) is 13.3. The zero-order valence-electron chi connectivity index (χ0n) is 23.7. The molecule has 3 aromatic heterocycles. The Morgan fingerprint density at radius 1 is 0.911 bits per heavy atom. The van der Waals surface area contributed by atoms with Crippen LogP contribution in [0.2, 0.25) is 0 Å². The summed E-state index contributed by atoms with van der Waals surface area (Å²) in [5.74, 6) is -5.06. The van der Waals surface area contributed by atoms with Crippen LogP contribution in [0, 0.1) is 25.1 Å². The molecule has 6 rings (SSSR count). The molecule has 0 saturated carbocycles. The molecule has 2 fully saturated rings. The molecule has 0 amide bonds. The molecule has 2 saturated heterocycles. The van der Waals surface area contributed by atoms with E-state index in [1.165, 1.54) is 6.07 Å². The van der Waals surface area contributed by atoms with Gasteiger partial charge in [-0.15, -0.1) is 10.2 Å². The number of halogens is 7. The minimum Gasteiger partial charge on any atom is -0.475 e. The van der Waals surface area contributed by atoms with E-state index < -0.39 is 24.3 Å². The van der Waals surface area contributed by atoms with Gasteiger partial charge in [-0.2, -0.15) is 31.4 Å². The highest BCUT2D eigenvalue weighted by Crippen LogP contribution is 2.36. The third-order valence-electron chi connectivity index (χ3n) is 7.30. The number of nitrogens with zero attached hydrogens (tertiary/aromatic N) is 6. The molecule has 5 heterocycles. The quantitative estimate of drug-likeness (QED) is 0.266. The smallest absolute Gasteiger partial charge is 0.475 e. The normalized spacial score (nSPS) is 16.0. The maximum atomic E-state index is 15.1. The average Bonchev–Trinajstić information content (AvgIpc) is 3.32. The summed E-state index contributed by atoms with van der Waals surface area (Å²) in [5.41, 5.74) is 5.06. The Morgan fingerprint density at radius 3 is 2.00 bits per heavy atom. The number of hydrogen-bond acceptors (Lipinski definition) is 8. The van der Waals surface area contributed by atoms with Crippen LogP contribution in [0.3, 0.4) is 0 Å². The zero-order chi connectivity index (χ0) is 33.3. The van der Waals surface area contributed by atoms with Gasteiger partial charge in [0.15, 0.2) is 11.5 Å². The van der Waals surface area contributed by atoms with Crippen LogP contribution in [0.4, 0.5) is 36.6 Å². The maximum absolute atomic E-state index is 15.1. The Balaban J connectivity index is 0.000000277. The Hall–Kier alpha value is -4.61. The molecule has 4 aromatic rings. The lowest BCUT2D eigenvalue weighted by molar-refractivity contribution is -0.193. The second-order valence-electron chi connectivity index (χ2n) is 10.7. The number of carboxylic acids is 2. The number of anilines is 1. The summed E-state index contributed by atoms with van der Waals surface area (Å²) in [6.45, 7) is 8.02. The van der Waals surface area contributed by atoms with E-state index in [4.69, 9.17) is 19.8 Å². The highest BCUT2D eigenvalue weighted by Gasteiger charge is 2.40. The minimum atomic E-state index is -5.08. The lowest BCUT2D eigenvalue weighted by Crippen LogP contribution is -2.58. The van der Waals surface area contributed by atoms with Gasteiger partial charge in [0.25, 0.3) is 0 Å². The number of fused-ring (bicyclic) bond motifs is 2. The van der Waals surface area contributed by atoms with Crippen LogP contribution in [0.1, 0.15) is 24.1 Å². The van der Waals surface area contributed by atoms with Crippen molar-refractivity contribution in [2.24, 2.45) is 5.41 Å². The van der Waals surface area contributed by atoms with Crippen molar-refractivity contribution < 1.29 is 50.5 Å². The molecular formula is C27H26F7N7O4. The van der Waals surface area contributed by atoms with Crippen LogP contribution in [-0.4, -0.2) is 85.5 Å². The second-order valence-corrected chi connectivity index (χ2v) is 10.7. The van der Waals surface area contributed by atoms with Gasteiger partial charge in [0.2, 0.25) is 0 Å². The van der Waals surface area contributed by atoms with Crippen LogP contribution in [0.25, 0.3) is 27.8 Å². The van der Waals surface area contributed by atoms with Crippen molar-refractivity contribution in [3.8, 4) is 11.3 Å². The van der Waals surface area contributed by atoms with Crippen LogP contribution in [0.5, 0.6) is 0 Å². The average molecular weight is 646 g/mol. The predicted molar refractivity (Wildman–Crippen MR) is 145 cm³/mol. The molecule has 2 aliphatic heterocycles. The number of imidazole rings is 1. The molecule has 45 heavy (non-hydrogen) atoms. The van der Waals surface area contributed by atoms with Crippen molar-refractivity contribution in [1.82, 2.24) is 30.1 Å². The standard InChI is InChI=1S/C23H24FN7.2C2HF3O2/c1-14-7-19(29-31-11-15(2)26-22(14)31)16-8-18(24)17-10-21(28-27-20(17)9-16)30-5-3-23(4-6-30)12-25-13-23;2*3-2(4,5)1(6)7/h7-11,25H,3-6,12-13H2,1-2H3;2*(H,6,7). The van der Waals surface area contributed by atoms with E-state index >= 15 is 4.39 Å². The van der Waals surface area contributed by atoms with Crippen LogP contribution < -0.4 is 10.2 Å². The highest BCUT2D eigenvalue weighted by atomic mass is 19.4. The monoisotopic (exact) mass is 645 g/mol. The number of aryl methyl sites for hydroxylation is 2. The number of aliphatic carboxylic acids is 2. The van der Waals surface area contributed by atoms with Crippen LogP contribution >= 0.6 is 0 Å². The first-order valence-electron chi connectivity index (χ1n) is 13.3. The van der Waals surface area contributed by atoms with E-state index in [9.17, 15) is 26.3 Å². The second kappa shape index (κ2) is 12.4. The summed E-state index contributed by atoms with van der Waals surface area (Å²) in [5, 5.41) is 31.5. The fraction of sp³-hybridized carbons (Fsp3) is 0.407. The van der Waals surface area contributed by atoms with Gasteiger partial charge < -0.3 is 20.4 Å². The summed E-state index contributed by atoms with van der Waals surface area (Å²) in [6, 6.07) is 7.16. The molecule has 0 bridgehead atoms. The lowest BCUT2D eigenvalue weighted by atomic mass is 9.73. The number of nitrogens with one attached hydrogen (secondary N) is 1. The lowest BCUT2D eigenvalue weighted by Gasteiger charge is -2.48. The van der Waals surface area contributed by atoms with Gasteiger partial charge >= 0.3 is 24.3 Å². The third-order valence-corrected chi connectivity index (χ3v) is 7.30. The van der Waals surface area contributed by atoms with E-state index in [0.717, 1.165) is 61.7 Å². The molecule has 0 atom stereocenters. The summed E-state index contributed by atoms with van der Waals surface area (Å²) < 4.78 is 80.4. The number of aromatic nitrogens is 5. The van der Waals surface area contributed by atoms with Crippen molar-refractivity contribution in [2.45, 2.75) is 39.0 Å². The highest BCUT2D eigenvalue weighted by molar-refractivity contribution is 5.85. The molecule has 3 N–H and O–H groups in total. The number of alkyl halides is 6. The molecule has 2 aliphatic rings. The van der Waals surface area contributed by atoms with Crippen molar-refractivity contribution in [1.29, 1.82) is 0 Å². The Bertz CT molecular complexity index is 1700. The molecule has 0 unspecified atom stereocenters. The van der Waals surface area contributed by atoms with E-state index in [0.29, 0.717) is 27.6 Å². The van der Waals surface area contributed by atoms with Gasteiger partial charge in [-0.1, -0.05) is 0 Å². The maximum Gasteiger partial charge on any atom is 0.490 e. The van der Waals surface area contributed by atoms with Crippen molar-refractivity contribution in [3.63, 3.8) is 0 Å². The minimum absolute atomic E-state index is 0.304. The molecule has 0 radical (unpaired) electrons. The molecule has 242 valence electrons. The summed E-state index contributed by atoms with van der Waals surface area (Å²) >= 11 is 0. The molecule has 18 heteroatoms. The first kappa shape index (κ1) is 33.3. The number of carbonyl (C=O) groups is 2. The summed E-state index contributed by atoms with van der Waals surface area (Å²) in [7, 11) is 0. The summed E-state index contributed by atoms with van der Waals surface area (Å²) in [6.07, 6.45) is -6.01. The zero-order valence-corrected chi connectivity index (χ0v) is 23.7. The number of piperidine rings is 1. The number of carboxylic acid groups (broad SMARTS) is 2. The van der Waals surface area contributed by atoms with Crippen molar-refractivity contribution in [3.05, 3.63) is 47.5 Å². The predicted octanol–water partition coefficient (Wildman–Crippen LogP) is 4.55. The topological polar surface area (TPSA) is 146 Å². The number of benzene rings is 1. The summed E-state index contributed by atoms with van der Waals surface area (Å²) in [4.78, 5) is 24.5. The molecule has 0 aliphatic carbocycles. The third kappa shape index (κ3) is 7.73. The molecule has 11 nitrogen and oxygen atoms in total. The van der Waals surface area contributed by atoms with Gasteiger partial charge in [-0.3, -0.25) is 0 Å². The van der Waals surface area contributed by atoms with Gasteiger partial charge in [-0.25, -0.2) is 23.5 Å². The first-order chi connectivity index (χ1) is 20.9. The molecule has 1 aromatic carbocycles. The fourth-order valence-electron chi connectivity index (χ4n) is 4.82.